The highest BCUT2D eigenvalue weighted by atomic mass is 79.9. The molecule has 1 heterocycles. The number of halogens is 2. The predicted octanol–water partition coefficient (Wildman–Crippen LogP) is 4.37. The first-order valence-corrected chi connectivity index (χ1v) is 7.77. The van der Waals surface area contributed by atoms with E-state index in [2.05, 4.69) is 34.8 Å². The van der Waals surface area contributed by atoms with Gasteiger partial charge in [-0.2, -0.15) is 0 Å². The fourth-order valence-corrected chi connectivity index (χ4v) is 3.59. The van der Waals surface area contributed by atoms with E-state index in [0.29, 0.717) is 23.0 Å². The van der Waals surface area contributed by atoms with Gasteiger partial charge in [-0.15, -0.1) is 11.3 Å². The van der Waals surface area contributed by atoms with Crippen molar-refractivity contribution in [1.82, 2.24) is 4.98 Å². The second-order valence-corrected chi connectivity index (χ2v) is 6.73. The Kier molecular flexibility index (Phi) is 4.71. The number of thiazole rings is 1. The molecule has 19 heavy (non-hydrogen) atoms. The number of hydrogen-bond acceptors (Lipinski definition) is 3. The van der Waals surface area contributed by atoms with E-state index in [1.54, 1.807) is 6.07 Å². The van der Waals surface area contributed by atoms with E-state index < -0.39 is 0 Å². The van der Waals surface area contributed by atoms with Gasteiger partial charge in [0.15, 0.2) is 0 Å². The fourth-order valence-electron chi connectivity index (χ4n) is 1.90. The van der Waals surface area contributed by atoms with E-state index in [9.17, 15) is 4.39 Å². The van der Waals surface area contributed by atoms with Gasteiger partial charge in [-0.05, 0) is 40.4 Å². The van der Waals surface area contributed by atoms with Crippen molar-refractivity contribution in [1.29, 1.82) is 0 Å². The van der Waals surface area contributed by atoms with Gasteiger partial charge in [0.05, 0.1) is 11.3 Å². The Labute approximate surface area is 125 Å². The van der Waals surface area contributed by atoms with Gasteiger partial charge in [-0.25, -0.2) is 9.37 Å². The minimum atomic E-state index is -0.261. The molecule has 0 aliphatic rings. The Hall–Kier alpha value is -0.780. The Bertz CT molecular complexity index is 561. The first-order chi connectivity index (χ1) is 9.02. The van der Waals surface area contributed by atoms with Crippen molar-refractivity contribution in [2.75, 3.05) is 0 Å². The van der Waals surface area contributed by atoms with Crippen molar-refractivity contribution in [2.45, 2.75) is 26.8 Å². The summed E-state index contributed by atoms with van der Waals surface area (Å²) in [5, 5.41) is 0.695. The summed E-state index contributed by atoms with van der Waals surface area (Å²) >= 11 is 4.86. The molecule has 0 bridgehead atoms. The lowest BCUT2D eigenvalue weighted by Crippen LogP contribution is -2.02. The molecule has 0 saturated heterocycles. The van der Waals surface area contributed by atoms with Crippen LogP contribution in [0.1, 0.15) is 24.4 Å². The summed E-state index contributed by atoms with van der Waals surface area (Å²) in [6.07, 6.45) is 0.870. The van der Waals surface area contributed by atoms with Crippen LogP contribution < -0.4 is 5.73 Å². The molecule has 0 saturated carbocycles. The summed E-state index contributed by atoms with van der Waals surface area (Å²) in [6, 6.07) is 4.95. The highest BCUT2D eigenvalue weighted by molar-refractivity contribution is 9.10. The summed E-state index contributed by atoms with van der Waals surface area (Å²) in [5.41, 5.74) is 7.28. The molecule has 0 amide bonds. The number of hydrogen-bond donors (Lipinski definition) is 1. The van der Waals surface area contributed by atoms with Crippen LogP contribution in [0.5, 0.6) is 0 Å². The van der Waals surface area contributed by atoms with E-state index >= 15 is 0 Å². The smallest absolute Gasteiger partial charge is 0.134 e. The fraction of sp³-hybridized carbons (Fsp3) is 0.357. The average molecular weight is 343 g/mol. The van der Waals surface area contributed by atoms with Gasteiger partial charge >= 0.3 is 0 Å². The third kappa shape index (κ3) is 3.22. The average Bonchev–Trinajstić information content (AvgIpc) is 2.71. The summed E-state index contributed by atoms with van der Waals surface area (Å²) in [6.45, 7) is 4.72. The molecule has 1 aromatic carbocycles. The van der Waals surface area contributed by atoms with Crippen LogP contribution >= 0.6 is 27.3 Å². The molecule has 2 rings (SSSR count). The highest BCUT2D eigenvalue weighted by Gasteiger charge is 2.17. The quantitative estimate of drug-likeness (QED) is 0.895. The van der Waals surface area contributed by atoms with Gasteiger partial charge in [-0.3, -0.25) is 0 Å². The Morgan fingerprint density at radius 2 is 2.16 bits per heavy atom. The van der Waals surface area contributed by atoms with Crippen molar-refractivity contribution in [3.8, 4) is 10.6 Å². The SMILES string of the molecule is CC(C)Cc1nc(-c2c(F)cccc2Br)sc1CN. The molecular formula is C14H16BrFN2S. The standard InChI is InChI=1S/C14H16BrFN2S/c1-8(2)6-11-12(7-17)19-14(18-11)13-9(15)4-3-5-10(13)16/h3-5,8H,6-7,17H2,1-2H3. The van der Waals surface area contributed by atoms with Crippen LogP contribution in [0, 0.1) is 11.7 Å². The number of nitrogens with zero attached hydrogens (tertiary/aromatic N) is 1. The predicted molar refractivity (Wildman–Crippen MR) is 81.6 cm³/mol. The maximum Gasteiger partial charge on any atom is 0.134 e. The Morgan fingerprint density at radius 3 is 2.74 bits per heavy atom. The molecule has 2 nitrogen and oxygen atoms in total. The van der Waals surface area contributed by atoms with Crippen molar-refractivity contribution in [3.05, 3.63) is 39.1 Å². The van der Waals surface area contributed by atoms with Crippen LogP contribution in [-0.2, 0) is 13.0 Å². The summed E-state index contributed by atoms with van der Waals surface area (Å²) in [4.78, 5) is 5.62. The maximum absolute atomic E-state index is 13.9. The summed E-state index contributed by atoms with van der Waals surface area (Å²) in [5.74, 6) is 0.243. The molecule has 1 aromatic heterocycles. The van der Waals surface area contributed by atoms with Crippen molar-refractivity contribution < 1.29 is 4.39 Å². The van der Waals surface area contributed by atoms with Gasteiger partial charge in [0.2, 0.25) is 0 Å². The molecule has 102 valence electrons. The van der Waals surface area contributed by atoms with E-state index in [0.717, 1.165) is 21.5 Å². The van der Waals surface area contributed by atoms with Gasteiger partial charge in [0.1, 0.15) is 10.8 Å². The Morgan fingerprint density at radius 1 is 1.42 bits per heavy atom. The van der Waals surface area contributed by atoms with Gasteiger partial charge in [0, 0.05) is 15.9 Å². The largest absolute Gasteiger partial charge is 0.326 e. The molecule has 5 heteroatoms. The third-order valence-corrected chi connectivity index (χ3v) is 4.54. The number of nitrogens with two attached hydrogens (primary N) is 1. The zero-order chi connectivity index (χ0) is 14.0. The molecule has 0 spiro atoms. The van der Waals surface area contributed by atoms with Crippen molar-refractivity contribution >= 4 is 27.3 Å². The zero-order valence-corrected chi connectivity index (χ0v) is 13.3. The molecule has 2 N–H and O–H groups in total. The molecule has 0 unspecified atom stereocenters. The molecule has 0 fully saturated rings. The molecule has 0 radical (unpaired) electrons. The van der Waals surface area contributed by atoms with Crippen LogP contribution in [0.3, 0.4) is 0 Å². The molecule has 0 aliphatic carbocycles. The first kappa shape index (κ1) is 14.6. The Balaban J connectivity index is 2.49. The van der Waals surface area contributed by atoms with Crippen LogP contribution in [0.4, 0.5) is 4.39 Å². The minimum absolute atomic E-state index is 0.261. The monoisotopic (exact) mass is 342 g/mol. The normalized spacial score (nSPS) is 11.3. The van der Waals surface area contributed by atoms with E-state index in [-0.39, 0.29) is 5.82 Å². The zero-order valence-electron chi connectivity index (χ0n) is 10.9. The molecular weight excluding hydrogens is 327 g/mol. The lowest BCUT2D eigenvalue weighted by Gasteiger charge is -2.03. The van der Waals surface area contributed by atoms with Crippen LogP contribution in [0.2, 0.25) is 0 Å². The van der Waals surface area contributed by atoms with Crippen molar-refractivity contribution in [2.24, 2.45) is 11.7 Å². The van der Waals surface area contributed by atoms with E-state index in [1.165, 1.54) is 17.4 Å². The second kappa shape index (κ2) is 6.11. The third-order valence-electron chi connectivity index (χ3n) is 2.74. The number of rotatable bonds is 4. The van der Waals surface area contributed by atoms with Crippen molar-refractivity contribution in [3.63, 3.8) is 0 Å². The van der Waals surface area contributed by atoms with Crippen LogP contribution in [0.15, 0.2) is 22.7 Å². The lowest BCUT2D eigenvalue weighted by atomic mass is 10.1. The van der Waals surface area contributed by atoms with E-state index in [4.69, 9.17) is 5.73 Å². The highest BCUT2D eigenvalue weighted by Crippen LogP contribution is 2.35. The lowest BCUT2D eigenvalue weighted by molar-refractivity contribution is 0.628. The summed E-state index contributed by atoms with van der Waals surface area (Å²) in [7, 11) is 0. The molecule has 0 aliphatic heterocycles. The second-order valence-electron chi connectivity index (χ2n) is 4.79. The first-order valence-electron chi connectivity index (χ1n) is 6.16. The van der Waals surface area contributed by atoms with Crippen LogP contribution in [0.25, 0.3) is 10.6 Å². The summed E-state index contributed by atoms with van der Waals surface area (Å²) < 4.78 is 14.7. The van der Waals surface area contributed by atoms with Gasteiger partial charge in [-0.1, -0.05) is 19.9 Å². The van der Waals surface area contributed by atoms with E-state index in [1.807, 2.05) is 6.07 Å². The maximum atomic E-state index is 13.9. The van der Waals surface area contributed by atoms with Gasteiger partial charge < -0.3 is 5.73 Å². The molecule has 0 atom stereocenters. The number of benzene rings is 1. The molecule has 2 aromatic rings. The minimum Gasteiger partial charge on any atom is -0.326 e. The van der Waals surface area contributed by atoms with Crippen LogP contribution in [-0.4, -0.2) is 4.98 Å². The topological polar surface area (TPSA) is 38.9 Å². The number of aromatic nitrogens is 1. The van der Waals surface area contributed by atoms with Gasteiger partial charge in [0.25, 0.3) is 0 Å².